The van der Waals surface area contributed by atoms with Crippen molar-refractivity contribution in [2.24, 2.45) is 0 Å². The zero-order chi connectivity index (χ0) is 14.3. The zero-order valence-corrected chi connectivity index (χ0v) is 13.7. The van der Waals surface area contributed by atoms with Crippen LogP contribution in [0, 0.1) is 0 Å². The van der Waals surface area contributed by atoms with Crippen LogP contribution in [0.4, 0.5) is 0 Å². The first-order chi connectivity index (χ1) is 8.87. The lowest BCUT2D eigenvalue weighted by molar-refractivity contribution is -0.118. The molecule has 0 radical (unpaired) electrons. The van der Waals surface area contributed by atoms with E-state index in [-0.39, 0.29) is 10.7 Å². The third-order valence-electron chi connectivity index (χ3n) is 3.21. The third-order valence-corrected chi connectivity index (χ3v) is 4.48. The van der Waals surface area contributed by atoms with E-state index in [1.165, 1.54) is 0 Å². The number of hydrogen-bond donors (Lipinski definition) is 1. The van der Waals surface area contributed by atoms with Crippen molar-refractivity contribution in [3.05, 3.63) is 0 Å². The van der Waals surface area contributed by atoms with E-state index in [1.54, 1.807) is 11.8 Å². The molecule has 0 aromatic heterocycles. The number of carbonyl (C=O) groups excluding carboxylic acids is 1. The van der Waals surface area contributed by atoms with Crippen LogP contribution in [-0.2, 0) is 4.79 Å². The van der Waals surface area contributed by atoms with Crippen molar-refractivity contribution in [2.75, 3.05) is 52.1 Å². The quantitative estimate of drug-likeness (QED) is 0.746. The van der Waals surface area contributed by atoms with Crippen LogP contribution in [0.1, 0.15) is 27.2 Å². The molecule has 1 amide bonds. The highest BCUT2D eigenvalue weighted by Crippen LogP contribution is 2.22. The van der Waals surface area contributed by atoms with Crippen molar-refractivity contribution >= 4 is 17.7 Å². The summed E-state index contributed by atoms with van der Waals surface area (Å²) in [6, 6.07) is 0. The molecule has 5 heteroatoms. The summed E-state index contributed by atoms with van der Waals surface area (Å²) < 4.78 is 0.164. The second kappa shape index (κ2) is 8.12. The fraction of sp³-hybridized carbons (Fsp3) is 0.929. The van der Waals surface area contributed by atoms with Crippen molar-refractivity contribution in [1.82, 2.24) is 15.1 Å². The number of hydrogen-bond acceptors (Lipinski definition) is 4. The fourth-order valence-corrected chi connectivity index (χ4v) is 2.60. The van der Waals surface area contributed by atoms with E-state index in [4.69, 9.17) is 0 Å². The van der Waals surface area contributed by atoms with Crippen LogP contribution in [0.25, 0.3) is 0 Å². The number of nitrogens with zero attached hydrogens (tertiary/aromatic N) is 2. The van der Waals surface area contributed by atoms with Crippen LogP contribution in [0.5, 0.6) is 0 Å². The maximum atomic E-state index is 11.6. The highest BCUT2D eigenvalue weighted by Gasteiger charge is 2.14. The van der Waals surface area contributed by atoms with Crippen LogP contribution in [0.3, 0.4) is 0 Å². The molecule has 0 spiro atoms. The van der Waals surface area contributed by atoms with Crippen LogP contribution < -0.4 is 5.32 Å². The molecule has 1 aliphatic rings. The minimum Gasteiger partial charge on any atom is -0.355 e. The normalized spacial score (nSPS) is 18.5. The average Bonchev–Trinajstić information content (AvgIpc) is 2.33. The molecule has 1 aliphatic heterocycles. The molecule has 19 heavy (non-hydrogen) atoms. The van der Waals surface area contributed by atoms with Crippen LogP contribution in [0.2, 0.25) is 0 Å². The number of piperazine rings is 1. The standard InChI is InChI=1S/C14H29N3OS/c1-14(2,3)19-12-13(18)15-6-5-7-17-10-8-16(4)9-11-17/h5-12H2,1-4H3,(H,15,18). The summed E-state index contributed by atoms with van der Waals surface area (Å²) in [5.41, 5.74) is 0. The van der Waals surface area contributed by atoms with Crippen molar-refractivity contribution in [1.29, 1.82) is 0 Å². The van der Waals surface area contributed by atoms with Gasteiger partial charge in [0.05, 0.1) is 5.75 Å². The molecule has 0 saturated carbocycles. The van der Waals surface area contributed by atoms with Crippen LogP contribution in [0.15, 0.2) is 0 Å². The van der Waals surface area contributed by atoms with E-state index in [1.807, 2.05) is 0 Å². The predicted octanol–water partition coefficient (Wildman–Crippen LogP) is 1.27. The van der Waals surface area contributed by atoms with Gasteiger partial charge in [-0.15, -0.1) is 11.8 Å². The number of nitrogens with one attached hydrogen (secondary N) is 1. The van der Waals surface area contributed by atoms with Gasteiger partial charge >= 0.3 is 0 Å². The Labute approximate surface area is 122 Å². The van der Waals surface area contributed by atoms with Gasteiger partial charge in [-0.05, 0) is 20.0 Å². The van der Waals surface area contributed by atoms with Crippen LogP contribution >= 0.6 is 11.8 Å². The van der Waals surface area contributed by atoms with Crippen molar-refractivity contribution < 1.29 is 4.79 Å². The lowest BCUT2D eigenvalue weighted by Crippen LogP contribution is -2.45. The summed E-state index contributed by atoms with van der Waals surface area (Å²) >= 11 is 1.70. The number of rotatable bonds is 6. The van der Waals surface area contributed by atoms with Gasteiger partial charge in [0.15, 0.2) is 0 Å². The second-order valence-electron chi connectivity index (χ2n) is 6.25. The lowest BCUT2D eigenvalue weighted by atomic mass is 10.3. The summed E-state index contributed by atoms with van der Waals surface area (Å²) in [6.45, 7) is 12.9. The van der Waals surface area contributed by atoms with Gasteiger partial charge in [0.2, 0.25) is 5.91 Å². The summed E-state index contributed by atoms with van der Waals surface area (Å²) in [6.07, 6.45) is 1.05. The molecule has 4 nitrogen and oxygen atoms in total. The molecule has 0 aromatic carbocycles. The highest BCUT2D eigenvalue weighted by atomic mass is 32.2. The number of likely N-dealkylation sites (N-methyl/N-ethyl adjacent to an activating group) is 1. The first-order valence-corrected chi connectivity index (χ1v) is 8.17. The summed E-state index contributed by atoms with van der Waals surface area (Å²) in [7, 11) is 2.17. The molecular weight excluding hydrogens is 258 g/mol. The molecule has 1 heterocycles. The Morgan fingerprint density at radius 2 is 1.84 bits per heavy atom. The predicted molar refractivity (Wildman–Crippen MR) is 83.8 cm³/mol. The first kappa shape index (κ1) is 16.8. The lowest BCUT2D eigenvalue weighted by Gasteiger charge is -2.32. The Balaban J connectivity index is 2.00. The van der Waals surface area contributed by atoms with Crippen molar-refractivity contribution in [3.63, 3.8) is 0 Å². The Bertz CT molecular complexity index is 270. The number of thioether (sulfide) groups is 1. The van der Waals surface area contributed by atoms with Gasteiger partial charge in [0.1, 0.15) is 0 Å². The van der Waals surface area contributed by atoms with Gasteiger partial charge in [-0.2, -0.15) is 0 Å². The largest absolute Gasteiger partial charge is 0.355 e. The van der Waals surface area contributed by atoms with E-state index in [0.29, 0.717) is 5.75 Å². The topological polar surface area (TPSA) is 35.6 Å². The number of carbonyl (C=O) groups is 1. The van der Waals surface area contributed by atoms with Crippen LogP contribution in [-0.4, -0.2) is 72.5 Å². The van der Waals surface area contributed by atoms with Crippen molar-refractivity contribution in [3.8, 4) is 0 Å². The van der Waals surface area contributed by atoms with E-state index in [9.17, 15) is 4.79 Å². The van der Waals surface area contributed by atoms with E-state index >= 15 is 0 Å². The molecular formula is C14H29N3OS. The molecule has 0 bridgehead atoms. The third kappa shape index (κ3) is 8.50. The summed E-state index contributed by atoms with van der Waals surface area (Å²) in [5, 5.41) is 3.01. The maximum absolute atomic E-state index is 11.6. The van der Waals surface area contributed by atoms with Crippen molar-refractivity contribution in [2.45, 2.75) is 31.9 Å². The van der Waals surface area contributed by atoms with Gasteiger partial charge in [0, 0.05) is 37.5 Å². The Hall–Kier alpha value is -0.260. The average molecular weight is 287 g/mol. The molecule has 112 valence electrons. The molecule has 0 aromatic rings. The number of amides is 1. The van der Waals surface area contributed by atoms with E-state index in [0.717, 1.165) is 45.7 Å². The minimum absolute atomic E-state index is 0.164. The first-order valence-electron chi connectivity index (χ1n) is 7.18. The zero-order valence-electron chi connectivity index (χ0n) is 12.9. The SMILES string of the molecule is CN1CCN(CCCNC(=O)CSC(C)(C)C)CC1. The second-order valence-corrected chi connectivity index (χ2v) is 8.05. The Morgan fingerprint density at radius 3 is 2.42 bits per heavy atom. The molecule has 1 N–H and O–H groups in total. The van der Waals surface area contributed by atoms with Gasteiger partial charge in [-0.1, -0.05) is 20.8 Å². The van der Waals surface area contributed by atoms with E-state index in [2.05, 4.69) is 42.9 Å². The molecule has 1 rings (SSSR count). The fourth-order valence-electron chi connectivity index (χ4n) is 1.94. The molecule has 1 saturated heterocycles. The molecule has 0 unspecified atom stereocenters. The smallest absolute Gasteiger partial charge is 0.230 e. The molecule has 0 aliphatic carbocycles. The van der Waals surface area contributed by atoms with Gasteiger partial charge < -0.3 is 15.1 Å². The van der Waals surface area contributed by atoms with E-state index < -0.39 is 0 Å². The monoisotopic (exact) mass is 287 g/mol. The maximum Gasteiger partial charge on any atom is 0.230 e. The van der Waals surface area contributed by atoms with Gasteiger partial charge in [0.25, 0.3) is 0 Å². The van der Waals surface area contributed by atoms with Gasteiger partial charge in [-0.25, -0.2) is 0 Å². The summed E-state index contributed by atoms with van der Waals surface area (Å²) in [5.74, 6) is 0.733. The Kier molecular flexibility index (Phi) is 7.18. The molecule has 1 fully saturated rings. The minimum atomic E-state index is 0.164. The Morgan fingerprint density at radius 1 is 1.21 bits per heavy atom. The summed E-state index contributed by atoms with van der Waals surface area (Å²) in [4.78, 5) is 16.5. The highest BCUT2D eigenvalue weighted by molar-refractivity contribution is 8.01. The molecule has 0 atom stereocenters. The van der Waals surface area contributed by atoms with Gasteiger partial charge in [-0.3, -0.25) is 4.79 Å².